The Balaban J connectivity index is 1.62. The van der Waals surface area contributed by atoms with Gasteiger partial charge in [-0.25, -0.2) is 0 Å². The van der Waals surface area contributed by atoms with Crippen LogP contribution in [0.15, 0.2) is 0 Å². The molecule has 3 atom stereocenters. The number of hydrogen-bond acceptors (Lipinski definition) is 3. The third-order valence-corrected chi connectivity index (χ3v) is 4.17. The van der Waals surface area contributed by atoms with Gasteiger partial charge < -0.3 is 10.5 Å². The quantitative estimate of drug-likeness (QED) is 0.702. The zero-order valence-electron chi connectivity index (χ0n) is 8.74. The Hall–Kier alpha value is -0.120. The lowest BCUT2D eigenvalue weighted by molar-refractivity contribution is 0.135. The van der Waals surface area contributed by atoms with Gasteiger partial charge in [-0.1, -0.05) is 0 Å². The van der Waals surface area contributed by atoms with E-state index in [0.29, 0.717) is 0 Å². The molecule has 0 radical (unpaired) electrons. The Morgan fingerprint density at radius 2 is 2.36 bits per heavy atom. The molecule has 3 rings (SSSR count). The molecule has 1 aliphatic carbocycles. The molecule has 2 heterocycles. The first kappa shape index (κ1) is 9.13. The molecule has 3 fully saturated rings. The summed E-state index contributed by atoms with van der Waals surface area (Å²) >= 11 is 0. The highest BCUT2D eigenvalue weighted by molar-refractivity contribution is 4.98. The number of nitrogens with zero attached hydrogens (tertiary/aromatic N) is 1. The molecule has 2 bridgehead atoms. The van der Waals surface area contributed by atoms with Crippen molar-refractivity contribution in [2.75, 3.05) is 26.3 Å². The Morgan fingerprint density at radius 3 is 2.93 bits per heavy atom. The van der Waals surface area contributed by atoms with Gasteiger partial charge in [0, 0.05) is 25.7 Å². The van der Waals surface area contributed by atoms with Crippen LogP contribution in [0.5, 0.6) is 0 Å². The van der Waals surface area contributed by atoms with Gasteiger partial charge in [-0.15, -0.1) is 0 Å². The minimum Gasteiger partial charge on any atom is -0.379 e. The summed E-state index contributed by atoms with van der Waals surface area (Å²) < 4.78 is 5.40. The maximum atomic E-state index is 6.30. The molecule has 80 valence electrons. The van der Waals surface area contributed by atoms with Gasteiger partial charge in [0.2, 0.25) is 0 Å². The lowest BCUT2D eigenvalue weighted by Crippen LogP contribution is -2.52. The molecular weight excluding hydrogens is 176 g/mol. The molecule has 2 N–H and O–H groups in total. The van der Waals surface area contributed by atoms with Crippen molar-refractivity contribution >= 4 is 0 Å². The minimum absolute atomic E-state index is 0.0372. The number of likely N-dealkylation sites (tertiary alicyclic amines) is 1. The van der Waals surface area contributed by atoms with Gasteiger partial charge in [0.25, 0.3) is 0 Å². The molecule has 14 heavy (non-hydrogen) atoms. The largest absolute Gasteiger partial charge is 0.379 e. The first-order valence-electron chi connectivity index (χ1n) is 5.86. The molecule has 3 aliphatic rings. The molecule has 2 aliphatic heterocycles. The number of nitrogens with two attached hydrogens (primary N) is 1. The van der Waals surface area contributed by atoms with E-state index in [1.807, 2.05) is 0 Å². The van der Waals surface area contributed by atoms with Crippen molar-refractivity contribution in [1.82, 2.24) is 4.90 Å². The molecule has 0 aromatic heterocycles. The van der Waals surface area contributed by atoms with Gasteiger partial charge in [0.15, 0.2) is 0 Å². The minimum atomic E-state index is -0.0372. The maximum absolute atomic E-state index is 6.30. The average Bonchev–Trinajstić information content (AvgIpc) is 2.80. The molecule has 2 saturated heterocycles. The van der Waals surface area contributed by atoms with E-state index in [9.17, 15) is 0 Å². The number of rotatable bonds is 2. The topological polar surface area (TPSA) is 38.5 Å². The maximum Gasteiger partial charge on any atom is 0.0659 e. The van der Waals surface area contributed by atoms with Crippen molar-refractivity contribution in [2.45, 2.75) is 37.3 Å². The Labute approximate surface area is 85.6 Å². The average molecular weight is 196 g/mol. The summed E-state index contributed by atoms with van der Waals surface area (Å²) in [6.45, 7) is 3.98. The zero-order chi connectivity index (χ0) is 9.60. The van der Waals surface area contributed by atoms with Crippen LogP contribution in [0.2, 0.25) is 0 Å². The van der Waals surface area contributed by atoms with Gasteiger partial charge in [0.05, 0.1) is 12.1 Å². The summed E-state index contributed by atoms with van der Waals surface area (Å²) in [6.07, 6.45) is 5.33. The summed E-state index contributed by atoms with van der Waals surface area (Å²) in [5.74, 6) is 0.978. The summed E-state index contributed by atoms with van der Waals surface area (Å²) in [5, 5.41) is 0. The zero-order valence-corrected chi connectivity index (χ0v) is 8.74. The highest BCUT2D eigenvalue weighted by Crippen LogP contribution is 2.38. The Morgan fingerprint density at radius 1 is 1.43 bits per heavy atom. The lowest BCUT2D eigenvalue weighted by Gasteiger charge is -2.33. The van der Waals surface area contributed by atoms with E-state index in [4.69, 9.17) is 10.5 Å². The van der Waals surface area contributed by atoms with E-state index >= 15 is 0 Å². The van der Waals surface area contributed by atoms with Crippen LogP contribution >= 0.6 is 0 Å². The van der Waals surface area contributed by atoms with Crippen LogP contribution in [0.3, 0.4) is 0 Å². The van der Waals surface area contributed by atoms with E-state index in [1.165, 1.54) is 25.8 Å². The molecular formula is C11H20N2O. The second-order valence-electron chi connectivity index (χ2n) is 5.43. The SMILES string of the molecule is NC1(CN2CC3CCC2C3)CCOC1. The van der Waals surface area contributed by atoms with Gasteiger partial charge in [-0.2, -0.15) is 0 Å². The predicted octanol–water partition coefficient (Wildman–Crippen LogP) is 0.588. The molecule has 3 unspecified atom stereocenters. The molecule has 3 nitrogen and oxygen atoms in total. The van der Waals surface area contributed by atoms with Crippen LogP contribution in [-0.2, 0) is 4.74 Å². The van der Waals surface area contributed by atoms with Crippen LogP contribution in [0.25, 0.3) is 0 Å². The van der Waals surface area contributed by atoms with Crippen molar-refractivity contribution in [3.8, 4) is 0 Å². The van der Waals surface area contributed by atoms with E-state index < -0.39 is 0 Å². The van der Waals surface area contributed by atoms with E-state index in [1.54, 1.807) is 0 Å². The van der Waals surface area contributed by atoms with E-state index in [0.717, 1.165) is 38.1 Å². The normalized spacial score (nSPS) is 47.8. The van der Waals surface area contributed by atoms with Gasteiger partial charge in [-0.05, 0) is 31.6 Å². The monoisotopic (exact) mass is 196 g/mol. The van der Waals surface area contributed by atoms with Crippen molar-refractivity contribution in [3.05, 3.63) is 0 Å². The molecule has 0 aromatic carbocycles. The highest BCUT2D eigenvalue weighted by Gasteiger charge is 2.42. The molecule has 3 heteroatoms. The van der Waals surface area contributed by atoms with Crippen LogP contribution in [-0.4, -0.2) is 42.8 Å². The third kappa shape index (κ3) is 1.47. The third-order valence-electron chi connectivity index (χ3n) is 4.17. The molecule has 0 amide bonds. The van der Waals surface area contributed by atoms with Gasteiger partial charge >= 0.3 is 0 Å². The van der Waals surface area contributed by atoms with Crippen molar-refractivity contribution in [2.24, 2.45) is 11.7 Å². The Bertz CT molecular complexity index is 225. The first-order valence-corrected chi connectivity index (χ1v) is 5.86. The van der Waals surface area contributed by atoms with Crippen LogP contribution in [0.4, 0.5) is 0 Å². The molecule has 0 spiro atoms. The van der Waals surface area contributed by atoms with Crippen LogP contribution < -0.4 is 5.73 Å². The fourth-order valence-corrected chi connectivity index (χ4v) is 3.37. The number of piperidine rings is 1. The van der Waals surface area contributed by atoms with Gasteiger partial charge in [-0.3, -0.25) is 4.90 Å². The first-order chi connectivity index (χ1) is 6.75. The highest BCUT2D eigenvalue weighted by atomic mass is 16.5. The standard InChI is InChI=1S/C11H20N2O/c12-11(3-4-14-8-11)7-13-6-9-1-2-10(13)5-9/h9-10H,1-8,12H2. The molecule has 1 saturated carbocycles. The molecule has 0 aromatic rings. The summed E-state index contributed by atoms with van der Waals surface area (Å²) in [7, 11) is 0. The van der Waals surface area contributed by atoms with Crippen molar-refractivity contribution in [3.63, 3.8) is 0 Å². The van der Waals surface area contributed by atoms with Crippen LogP contribution in [0.1, 0.15) is 25.7 Å². The van der Waals surface area contributed by atoms with Crippen molar-refractivity contribution in [1.29, 1.82) is 0 Å². The van der Waals surface area contributed by atoms with Gasteiger partial charge in [0.1, 0.15) is 0 Å². The number of ether oxygens (including phenoxy) is 1. The fourth-order valence-electron chi connectivity index (χ4n) is 3.37. The summed E-state index contributed by atoms with van der Waals surface area (Å²) in [5.41, 5.74) is 6.27. The lowest BCUT2D eigenvalue weighted by atomic mass is 9.98. The fraction of sp³-hybridized carbons (Fsp3) is 1.00. The summed E-state index contributed by atoms with van der Waals surface area (Å²) in [6, 6.07) is 0.848. The second kappa shape index (κ2) is 3.19. The van der Waals surface area contributed by atoms with E-state index in [-0.39, 0.29) is 5.54 Å². The Kier molecular flexibility index (Phi) is 2.08. The number of hydrogen-bond donors (Lipinski definition) is 1. The summed E-state index contributed by atoms with van der Waals surface area (Å²) in [4.78, 5) is 2.61. The smallest absolute Gasteiger partial charge is 0.0659 e. The van der Waals surface area contributed by atoms with Crippen LogP contribution in [0, 0.1) is 5.92 Å². The second-order valence-corrected chi connectivity index (χ2v) is 5.43. The van der Waals surface area contributed by atoms with Crippen molar-refractivity contribution < 1.29 is 4.74 Å². The van der Waals surface area contributed by atoms with E-state index in [2.05, 4.69) is 4.90 Å². The predicted molar refractivity (Wildman–Crippen MR) is 55.1 cm³/mol. The number of fused-ring (bicyclic) bond motifs is 2.